The van der Waals surface area contributed by atoms with Crippen molar-refractivity contribution in [1.82, 2.24) is 0 Å². The molecule has 5 nitrogen and oxygen atoms in total. The van der Waals surface area contributed by atoms with Crippen LogP contribution in [0.25, 0.3) is 0 Å². The number of para-hydroxylation sites is 3. The summed E-state index contributed by atoms with van der Waals surface area (Å²) in [5.74, 6) is 0.587. The number of hydrogen-bond acceptors (Lipinski definition) is 4. The van der Waals surface area contributed by atoms with Gasteiger partial charge in [-0.2, -0.15) is 0 Å². The van der Waals surface area contributed by atoms with E-state index >= 15 is 0 Å². The lowest BCUT2D eigenvalue weighted by Crippen LogP contribution is -2.00. The van der Waals surface area contributed by atoms with Crippen molar-refractivity contribution in [2.75, 3.05) is 0 Å². The van der Waals surface area contributed by atoms with Crippen molar-refractivity contribution in [2.45, 2.75) is 19.4 Å². The zero-order valence-corrected chi connectivity index (χ0v) is 11.0. The summed E-state index contributed by atoms with van der Waals surface area (Å²) in [5.41, 5.74) is 0.515. The van der Waals surface area contributed by atoms with Gasteiger partial charge in [-0.05, 0) is 18.6 Å². The van der Waals surface area contributed by atoms with Crippen molar-refractivity contribution in [3.63, 3.8) is 0 Å². The maximum absolute atomic E-state index is 11.0. The van der Waals surface area contributed by atoms with Gasteiger partial charge in [0.25, 0.3) is 0 Å². The Morgan fingerprint density at radius 1 is 1.15 bits per heavy atom. The fraction of sp³-hybridized carbons (Fsp3) is 0.200. The smallest absolute Gasteiger partial charge is 0.311 e. The van der Waals surface area contributed by atoms with Crippen LogP contribution in [0.5, 0.6) is 11.5 Å². The van der Waals surface area contributed by atoms with Crippen LogP contribution in [0, 0.1) is 10.1 Å². The number of benzene rings is 2. The van der Waals surface area contributed by atoms with E-state index < -0.39 is 11.0 Å². The van der Waals surface area contributed by atoms with E-state index in [1.54, 1.807) is 36.4 Å². The van der Waals surface area contributed by atoms with Gasteiger partial charge in [-0.15, -0.1) is 0 Å². The average Bonchev–Trinajstić information content (AvgIpc) is 2.47. The van der Waals surface area contributed by atoms with Crippen LogP contribution in [-0.4, -0.2) is 10.0 Å². The summed E-state index contributed by atoms with van der Waals surface area (Å²) < 4.78 is 5.62. The van der Waals surface area contributed by atoms with Gasteiger partial charge in [-0.3, -0.25) is 10.1 Å². The van der Waals surface area contributed by atoms with Crippen molar-refractivity contribution in [2.24, 2.45) is 0 Å². The highest BCUT2D eigenvalue weighted by Gasteiger charge is 2.17. The van der Waals surface area contributed by atoms with E-state index in [1.807, 2.05) is 6.92 Å². The molecule has 0 amide bonds. The Kier molecular flexibility index (Phi) is 4.32. The first-order chi connectivity index (χ1) is 9.63. The molecule has 0 saturated heterocycles. The Morgan fingerprint density at radius 3 is 2.40 bits per heavy atom. The highest BCUT2D eigenvalue weighted by atomic mass is 16.6. The molecule has 0 aliphatic heterocycles. The zero-order valence-electron chi connectivity index (χ0n) is 11.0. The normalized spacial score (nSPS) is 11.9. The number of ether oxygens (including phenoxy) is 1. The molecular weight excluding hydrogens is 258 g/mol. The van der Waals surface area contributed by atoms with Gasteiger partial charge in [-0.25, -0.2) is 0 Å². The Bertz CT molecular complexity index is 612. The van der Waals surface area contributed by atoms with Gasteiger partial charge in [0.05, 0.1) is 11.0 Å². The summed E-state index contributed by atoms with van der Waals surface area (Å²) in [6.45, 7) is 1.85. The molecule has 2 rings (SSSR count). The van der Waals surface area contributed by atoms with E-state index in [0.717, 1.165) is 0 Å². The minimum absolute atomic E-state index is 0.103. The molecule has 104 valence electrons. The number of aliphatic hydroxyl groups is 1. The Balaban J connectivity index is 2.38. The first-order valence-electron chi connectivity index (χ1n) is 6.31. The van der Waals surface area contributed by atoms with E-state index in [1.165, 1.54) is 12.1 Å². The molecule has 0 heterocycles. The lowest BCUT2D eigenvalue weighted by molar-refractivity contribution is -0.385. The molecule has 0 saturated carbocycles. The summed E-state index contributed by atoms with van der Waals surface area (Å²) in [5, 5.41) is 20.9. The van der Waals surface area contributed by atoms with Gasteiger partial charge in [0.1, 0.15) is 5.75 Å². The first kappa shape index (κ1) is 14.0. The zero-order chi connectivity index (χ0) is 14.5. The second-order valence-electron chi connectivity index (χ2n) is 4.29. The van der Waals surface area contributed by atoms with E-state index in [9.17, 15) is 15.2 Å². The number of nitrogens with zero attached hydrogens (tertiary/aromatic N) is 1. The summed E-state index contributed by atoms with van der Waals surface area (Å²) in [4.78, 5) is 10.5. The highest BCUT2D eigenvalue weighted by Crippen LogP contribution is 2.35. The van der Waals surface area contributed by atoms with Crippen molar-refractivity contribution in [3.05, 3.63) is 64.2 Å². The molecule has 1 atom stereocenters. The number of nitro groups is 1. The highest BCUT2D eigenvalue weighted by molar-refractivity contribution is 5.49. The van der Waals surface area contributed by atoms with Gasteiger partial charge in [0, 0.05) is 11.6 Å². The SMILES string of the molecule is CC[C@H](O)c1ccccc1Oc1ccccc1[N+](=O)[O-]. The van der Waals surface area contributed by atoms with Crippen LogP contribution in [0.2, 0.25) is 0 Å². The first-order valence-corrected chi connectivity index (χ1v) is 6.31. The lowest BCUT2D eigenvalue weighted by Gasteiger charge is -2.14. The van der Waals surface area contributed by atoms with E-state index in [2.05, 4.69) is 0 Å². The minimum Gasteiger partial charge on any atom is -0.450 e. The molecule has 20 heavy (non-hydrogen) atoms. The van der Waals surface area contributed by atoms with Gasteiger partial charge >= 0.3 is 5.69 Å². The standard InChI is InChI=1S/C15H15NO4/c1-2-13(17)11-7-3-5-9-14(11)20-15-10-6-4-8-12(15)16(18)19/h3-10,13,17H,2H2,1H3/t13-/m0/s1. The summed E-state index contributed by atoms with van der Waals surface area (Å²) in [7, 11) is 0. The monoisotopic (exact) mass is 273 g/mol. The molecule has 5 heteroatoms. The van der Waals surface area contributed by atoms with E-state index in [0.29, 0.717) is 17.7 Å². The molecule has 2 aromatic rings. The second kappa shape index (κ2) is 6.16. The van der Waals surface area contributed by atoms with Crippen molar-refractivity contribution in [3.8, 4) is 11.5 Å². The minimum atomic E-state index is -0.658. The molecule has 1 N–H and O–H groups in total. The molecule has 0 spiro atoms. The second-order valence-corrected chi connectivity index (χ2v) is 4.29. The van der Waals surface area contributed by atoms with Crippen LogP contribution in [-0.2, 0) is 0 Å². The molecule has 0 fully saturated rings. The molecule has 0 bridgehead atoms. The third-order valence-corrected chi connectivity index (χ3v) is 2.95. The lowest BCUT2D eigenvalue weighted by atomic mass is 10.1. The number of aliphatic hydroxyl groups excluding tert-OH is 1. The van der Waals surface area contributed by atoms with Crippen LogP contribution in [0.1, 0.15) is 25.0 Å². The number of hydrogen-bond donors (Lipinski definition) is 1. The molecule has 0 aromatic heterocycles. The topological polar surface area (TPSA) is 72.6 Å². The van der Waals surface area contributed by atoms with Gasteiger partial charge in [0.2, 0.25) is 5.75 Å². The average molecular weight is 273 g/mol. The van der Waals surface area contributed by atoms with Crippen LogP contribution in [0.4, 0.5) is 5.69 Å². The Morgan fingerprint density at radius 2 is 1.75 bits per heavy atom. The van der Waals surface area contributed by atoms with Crippen molar-refractivity contribution in [1.29, 1.82) is 0 Å². The van der Waals surface area contributed by atoms with Crippen LogP contribution in [0.15, 0.2) is 48.5 Å². The Hall–Kier alpha value is -2.40. The number of rotatable bonds is 5. The van der Waals surface area contributed by atoms with Gasteiger partial charge in [-0.1, -0.05) is 37.3 Å². The third kappa shape index (κ3) is 2.95. The molecule has 2 aromatic carbocycles. The van der Waals surface area contributed by atoms with Gasteiger partial charge < -0.3 is 9.84 Å². The maximum atomic E-state index is 11.0. The van der Waals surface area contributed by atoms with E-state index in [-0.39, 0.29) is 11.4 Å². The fourth-order valence-corrected chi connectivity index (χ4v) is 1.88. The predicted molar refractivity (Wildman–Crippen MR) is 74.9 cm³/mol. The fourth-order valence-electron chi connectivity index (χ4n) is 1.88. The summed E-state index contributed by atoms with van der Waals surface area (Å²) in [6.07, 6.45) is -0.119. The Labute approximate surface area is 116 Å². The molecule has 0 unspecified atom stereocenters. The maximum Gasteiger partial charge on any atom is 0.311 e. The van der Waals surface area contributed by atoms with Crippen LogP contribution < -0.4 is 4.74 Å². The van der Waals surface area contributed by atoms with E-state index in [4.69, 9.17) is 4.74 Å². The summed E-state index contributed by atoms with van der Waals surface area (Å²) in [6, 6.07) is 13.2. The largest absolute Gasteiger partial charge is 0.450 e. The third-order valence-electron chi connectivity index (χ3n) is 2.95. The summed E-state index contributed by atoms with van der Waals surface area (Å²) >= 11 is 0. The molecule has 0 aliphatic carbocycles. The number of nitro benzene ring substituents is 1. The quantitative estimate of drug-likeness (QED) is 0.663. The van der Waals surface area contributed by atoms with Crippen molar-refractivity contribution < 1.29 is 14.8 Å². The molecule has 0 radical (unpaired) electrons. The van der Waals surface area contributed by atoms with Gasteiger partial charge in [0.15, 0.2) is 0 Å². The molecular formula is C15H15NO4. The van der Waals surface area contributed by atoms with Crippen LogP contribution in [0.3, 0.4) is 0 Å². The van der Waals surface area contributed by atoms with Crippen LogP contribution >= 0.6 is 0 Å². The predicted octanol–water partition coefficient (Wildman–Crippen LogP) is 3.83. The molecule has 0 aliphatic rings. The van der Waals surface area contributed by atoms with Crippen molar-refractivity contribution >= 4 is 5.69 Å².